The molecule has 0 radical (unpaired) electrons. The molecule has 0 aromatic carbocycles. The zero-order chi connectivity index (χ0) is 16.9. The van der Waals surface area contributed by atoms with Crippen LogP contribution >= 0.6 is 11.8 Å². The van der Waals surface area contributed by atoms with Gasteiger partial charge in [0.1, 0.15) is 0 Å². The van der Waals surface area contributed by atoms with Gasteiger partial charge in [-0.3, -0.25) is 0 Å². The van der Waals surface area contributed by atoms with Gasteiger partial charge in [-0.2, -0.15) is 0 Å². The van der Waals surface area contributed by atoms with Crippen molar-refractivity contribution < 1.29 is 19.5 Å². The second-order valence-electron chi connectivity index (χ2n) is 7.70. The third kappa shape index (κ3) is 3.29. The summed E-state index contributed by atoms with van der Waals surface area (Å²) in [7, 11) is 0. The van der Waals surface area contributed by atoms with E-state index in [4.69, 9.17) is 0 Å². The molecule has 2 N–H and O–H groups in total. The van der Waals surface area contributed by atoms with Crippen molar-refractivity contribution in [2.24, 2.45) is 0 Å². The Morgan fingerprint density at radius 3 is 2.45 bits per heavy atom. The van der Waals surface area contributed by atoms with Gasteiger partial charge in [0.25, 0.3) is 0 Å². The van der Waals surface area contributed by atoms with Crippen molar-refractivity contribution in [1.82, 2.24) is 10.2 Å². The zero-order valence-corrected chi connectivity index (χ0v) is 16.6. The first-order chi connectivity index (χ1) is 9.94. The summed E-state index contributed by atoms with van der Waals surface area (Å²) < 4.78 is -0.549. The number of carbonyl (C=O) groups is 3. The molecule has 2 heterocycles. The van der Waals surface area contributed by atoms with Crippen LogP contribution in [0.25, 0.3) is 0 Å². The van der Waals surface area contributed by atoms with Gasteiger partial charge in [-0.05, 0) is 0 Å². The van der Waals surface area contributed by atoms with Crippen molar-refractivity contribution in [3.8, 4) is 0 Å². The molecular weight excluding hydrogens is 365 g/mol. The Morgan fingerprint density at radius 1 is 1.36 bits per heavy atom. The summed E-state index contributed by atoms with van der Waals surface area (Å²) in [6.07, 6.45) is 0.455. The number of β-lactam (4-membered cyclic amide) rings is 1. The number of thioether (sulfide) groups is 1. The predicted octanol–water partition coefficient (Wildman–Crippen LogP) is 1.35. The molecule has 2 rings (SSSR count). The van der Waals surface area contributed by atoms with Crippen LogP contribution in [0.1, 0.15) is 20.3 Å². The summed E-state index contributed by atoms with van der Waals surface area (Å²) in [5.74, 6) is 5.37. The van der Waals surface area contributed by atoms with E-state index < -0.39 is 36.1 Å². The van der Waals surface area contributed by atoms with Gasteiger partial charge in [-0.1, -0.05) is 0 Å². The number of hydrogen-bond acceptors (Lipinski definition) is 4. The molecule has 0 unspecified atom stereocenters. The summed E-state index contributed by atoms with van der Waals surface area (Å²) in [6, 6.07) is -1.40. The van der Waals surface area contributed by atoms with Crippen LogP contribution in [0.2, 0.25) is 22.5 Å². The summed E-state index contributed by atoms with van der Waals surface area (Å²) in [4.78, 5) is 37.1. The van der Waals surface area contributed by atoms with E-state index in [2.05, 4.69) is 22.6 Å². The Bertz CT molecular complexity index is 517. The van der Waals surface area contributed by atoms with Crippen LogP contribution in [0.5, 0.6) is 0 Å². The summed E-state index contributed by atoms with van der Waals surface area (Å²) >= 11 is -0.316. The third-order valence-corrected chi connectivity index (χ3v) is 9.34. The fraction of sp³-hybridized carbons (Fsp3) is 0.786. The molecule has 0 saturated carbocycles. The molecule has 22 heavy (non-hydrogen) atoms. The maximum absolute atomic E-state index is 12.2. The Labute approximate surface area is 137 Å². The molecule has 0 spiro atoms. The van der Waals surface area contributed by atoms with Crippen molar-refractivity contribution in [3.05, 3.63) is 0 Å². The van der Waals surface area contributed by atoms with Crippen molar-refractivity contribution in [1.29, 1.82) is 0 Å². The van der Waals surface area contributed by atoms with Gasteiger partial charge < -0.3 is 0 Å². The zero-order valence-electron chi connectivity index (χ0n) is 13.7. The van der Waals surface area contributed by atoms with E-state index in [0.29, 0.717) is 6.42 Å². The van der Waals surface area contributed by atoms with Crippen molar-refractivity contribution in [2.75, 3.05) is 0 Å². The average molecular weight is 389 g/mol. The molecule has 2 amide bonds. The quantitative estimate of drug-likeness (QED) is 0.548. The topological polar surface area (TPSA) is 86.7 Å². The van der Waals surface area contributed by atoms with Gasteiger partial charge in [0.05, 0.1) is 0 Å². The van der Waals surface area contributed by atoms with E-state index in [1.165, 1.54) is 16.7 Å². The number of nitrogens with zero attached hydrogens (tertiary/aromatic N) is 1. The van der Waals surface area contributed by atoms with Crippen LogP contribution in [0, 0.1) is 0 Å². The van der Waals surface area contributed by atoms with Gasteiger partial charge >= 0.3 is 138 Å². The molecule has 8 heteroatoms. The maximum atomic E-state index is 12.2. The van der Waals surface area contributed by atoms with Gasteiger partial charge in [-0.25, -0.2) is 0 Å². The van der Waals surface area contributed by atoms with Gasteiger partial charge in [-0.15, -0.1) is 0 Å². The van der Waals surface area contributed by atoms with Crippen molar-refractivity contribution in [2.45, 2.75) is 65.0 Å². The number of amides is 2. The fourth-order valence-corrected chi connectivity index (χ4v) is 6.55. The summed E-state index contributed by atoms with van der Waals surface area (Å²) in [5.41, 5.74) is 0. The number of rotatable bonds is 5. The van der Waals surface area contributed by atoms with Gasteiger partial charge in [0, 0.05) is 0 Å². The number of aliphatic carboxylic acids is 1. The van der Waals surface area contributed by atoms with Crippen molar-refractivity contribution in [3.63, 3.8) is 0 Å². The number of fused-ring (bicyclic) bond motifs is 1. The average Bonchev–Trinajstić information content (AvgIpc) is 2.61. The summed E-state index contributed by atoms with van der Waals surface area (Å²) in [5, 5.41) is 12.8. The van der Waals surface area contributed by atoms with Crippen LogP contribution < -0.4 is 5.32 Å². The summed E-state index contributed by atoms with van der Waals surface area (Å²) in [6.45, 7) is 3.65. The Kier molecular flexibility index (Phi) is 4.61. The number of carboxylic acid groups (broad SMARTS) is 1. The van der Waals surface area contributed by atoms with Crippen LogP contribution in [-0.2, 0) is 14.4 Å². The number of hydrogen-bond donors (Lipinski definition) is 2. The standard InChI is InChI=1S/C14H24GeN2O4S/c1-14(2)10(13(20)21)17-11(19)9(12(17)22-14)16-8(18)6-7-15(3,4)5/h9-10,12H,6-7H2,1-5H3,(H,16,18)(H,20,21)/t9-,10+,12-/m1/s1. The van der Waals surface area contributed by atoms with E-state index in [9.17, 15) is 19.5 Å². The van der Waals surface area contributed by atoms with Crippen LogP contribution in [0.15, 0.2) is 0 Å². The first-order valence-corrected chi connectivity index (χ1v) is 16.1. The molecular formula is C14H24GeN2O4S. The molecule has 2 saturated heterocycles. The Morgan fingerprint density at radius 2 is 1.95 bits per heavy atom. The number of carboxylic acids is 1. The monoisotopic (exact) mass is 390 g/mol. The molecule has 0 aromatic rings. The molecule has 0 aromatic heterocycles. The van der Waals surface area contributed by atoms with E-state index in [0.717, 1.165) is 5.25 Å². The minimum atomic E-state index is -1.77. The molecule has 0 bridgehead atoms. The van der Waals surface area contributed by atoms with Crippen molar-refractivity contribution >= 4 is 42.8 Å². The molecule has 2 fully saturated rings. The second kappa shape index (κ2) is 5.74. The molecule has 124 valence electrons. The molecule has 2 aliphatic rings. The van der Waals surface area contributed by atoms with Gasteiger partial charge in [0.2, 0.25) is 0 Å². The first kappa shape index (κ1) is 17.7. The SMILES string of the molecule is CC1(C)S[C@@H]2[C@H](NC(=O)C[CH2][Ge]([CH3])([CH3])[CH3])C(=O)N2[C@H]1C(=O)O. The Balaban J connectivity index is 1.98. The minimum absolute atomic E-state index is 0.101. The number of nitrogens with one attached hydrogen (secondary N) is 1. The molecule has 3 atom stereocenters. The van der Waals surface area contributed by atoms with E-state index in [-0.39, 0.29) is 17.2 Å². The first-order valence-electron chi connectivity index (χ1n) is 7.46. The van der Waals surface area contributed by atoms with Crippen LogP contribution in [0.4, 0.5) is 0 Å². The number of carbonyl (C=O) groups excluding carboxylic acids is 2. The molecule has 6 nitrogen and oxygen atoms in total. The second-order valence-corrected chi connectivity index (χ2v) is 21.3. The molecule has 2 aliphatic heterocycles. The van der Waals surface area contributed by atoms with E-state index in [1.807, 2.05) is 13.8 Å². The molecule has 0 aliphatic carbocycles. The van der Waals surface area contributed by atoms with Gasteiger partial charge in [0.15, 0.2) is 0 Å². The van der Waals surface area contributed by atoms with Crippen LogP contribution in [-0.4, -0.2) is 63.3 Å². The van der Waals surface area contributed by atoms with E-state index in [1.54, 1.807) is 0 Å². The van der Waals surface area contributed by atoms with E-state index >= 15 is 0 Å². The normalized spacial score (nSPS) is 29.8. The third-order valence-electron chi connectivity index (χ3n) is 4.09. The fourth-order valence-electron chi connectivity index (χ4n) is 2.88. The van der Waals surface area contributed by atoms with Crippen LogP contribution in [0.3, 0.4) is 0 Å². The Hall–Kier alpha value is -0.697. The predicted molar refractivity (Wildman–Crippen MR) is 88.4 cm³/mol.